The summed E-state index contributed by atoms with van der Waals surface area (Å²) < 4.78 is 0. The van der Waals surface area contributed by atoms with Gasteiger partial charge in [-0.05, 0) is 25.0 Å². The Labute approximate surface area is 124 Å². The van der Waals surface area contributed by atoms with Crippen molar-refractivity contribution >= 4 is 17.8 Å². The molecule has 5 heteroatoms. The third-order valence-electron chi connectivity index (χ3n) is 3.47. The van der Waals surface area contributed by atoms with Gasteiger partial charge < -0.3 is 15.3 Å². The summed E-state index contributed by atoms with van der Waals surface area (Å²) in [5.41, 5.74) is 0. The molecule has 0 bridgehead atoms. The first-order valence-electron chi connectivity index (χ1n) is 7.07. The zero-order chi connectivity index (χ0) is 14.4. The number of urea groups is 1. The van der Waals surface area contributed by atoms with Crippen molar-refractivity contribution in [3.63, 3.8) is 0 Å². The second-order valence-corrected chi connectivity index (χ2v) is 6.61. The number of carbonyl (C=O) groups excluding carboxylic acids is 1. The van der Waals surface area contributed by atoms with Crippen molar-refractivity contribution in [2.75, 3.05) is 19.7 Å². The van der Waals surface area contributed by atoms with Gasteiger partial charge in [0.15, 0.2) is 0 Å². The van der Waals surface area contributed by atoms with Crippen LogP contribution in [0.4, 0.5) is 4.79 Å². The van der Waals surface area contributed by atoms with Crippen LogP contribution in [0.1, 0.15) is 19.8 Å². The molecule has 4 nitrogen and oxygen atoms in total. The summed E-state index contributed by atoms with van der Waals surface area (Å²) in [7, 11) is 0. The fourth-order valence-electron chi connectivity index (χ4n) is 2.40. The molecule has 0 aromatic heterocycles. The average Bonchev–Trinajstić information content (AvgIpc) is 2.94. The molecular weight excluding hydrogens is 272 g/mol. The first-order chi connectivity index (χ1) is 9.70. The van der Waals surface area contributed by atoms with Crippen LogP contribution in [0.25, 0.3) is 0 Å². The quantitative estimate of drug-likeness (QED) is 0.820. The summed E-state index contributed by atoms with van der Waals surface area (Å²) in [6.07, 6.45) is 1.88. The van der Waals surface area contributed by atoms with E-state index in [9.17, 15) is 9.90 Å². The van der Waals surface area contributed by atoms with Crippen molar-refractivity contribution in [3.8, 4) is 0 Å². The molecule has 1 aromatic carbocycles. The van der Waals surface area contributed by atoms with E-state index in [1.54, 1.807) is 16.7 Å². The number of thioether (sulfide) groups is 1. The Hall–Kier alpha value is -1.20. The van der Waals surface area contributed by atoms with E-state index in [0.29, 0.717) is 11.8 Å². The van der Waals surface area contributed by atoms with E-state index in [-0.39, 0.29) is 18.7 Å². The van der Waals surface area contributed by atoms with Crippen molar-refractivity contribution in [1.29, 1.82) is 0 Å². The molecule has 110 valence electrons. The van der Waals surface area contributed by atoms with Crippen molar-refractivity contribution in [2.45, 2.75) is 36.0 Å². The molecular formula is C15H22N2O2S. The van der Waals surface area contributed by atoms with Crippen LogP contribution in [0.2, 0.25) is 0 Å². The molecule has 2 amide bonds. The maximum atomic E-state index is 12.1. The number of hydrogen-bond donors (Lipinski definition) is 2. The van der Waals surface area contributed by atoms with Crippen LogP contribution in [-0.2, 0) is 0 Å². The van der Waals surface area contributed by atoms with Crippen molar-refractivity contribution in [3.05, 3.63) is 30.3 Å². The Bertz CT molecular complexity index is 427. The second kappa shape index (κ2) is 7.55. The SMILES string of the molecule is CC(CNC(=O)N1CCC[C@H]1CO)Sc1ccccc1. The van der Waals surface area contributed by atoms with Crippen LogP contribution >= 0.6 is 11.8 Å². The molecule has 20 heavy (non-hydrogen) atoms. The fourth-order valence-corrected chi connectivity index (χ4v) is 3.34. The van der Waals surface area contributed by atoms with Crippen LogP contribution < -0.4 is 5.32 Å². The maximum absolute atomic E-state index is 12.1. The number of likely N-dealkylation sites (tertiary alicyclic amines) is 1. The third kappa shape index (κ3) is 4.15. The maximum Gasteiger partial charge on any atom is 0.317 e. The molecule has 2 rings (SSSR count). The van der Waals surface area contributed by atoms with E-state index in [1.165, 1.54) is 4.90 Å². The highest BCUT2D eigenvalue weighted by atomic mass is 32.2. The molecule has 1 heterocycles. The van der Waals surface area contributed by atoms with Crippen molar-refractivity contribution < 1.29 is 9.90 Å². The molecule has 1 aliphatic heterocycles. The molecule has 1 fully saturated rings. The monoisotopic (exact) mass is 294 g/mol. The highest BCUT2D eigenvalue weighted by Gasteiger charge is 2.27. The van der Waals surface area contributed by atoms with Gasteiger partial charge in [0.25, 0.3) is 0 Å². The lowest BCUT2D eigenvalue weighted by Gasteiger charge is -2.24. The van der Waals surface area contributed by atoms with E-state index < -0.39 is 0 Å². The molecule has 1 unspecified atom stereocenters. The number of aliphatic hydroxyl groups is 1. The number of rotatable bonds is 5. The van der Waals surface area contributed by atoms with Gasteiger partial charge in [0.1, 0.15) is 0 Å². The lowest BCUT2D eigenvalue weighted by molar-refractivity contribution is 0.157. The van der Waals surface area contributed by atoms with E-state index in [1.807, 2.05) is 18.2 Å². The zero-order valence-corrected chi connectivity index (χ0v) is 12.6. The topological polar surface area (TPSA) is 52.6 Å². The Morgan fingerprint density at radius 3 is 2.95 bits per heavy atom. The molecule has 2 atom stereocenters. The first-order valence-corrected chi connectivity index (χ1v) is 7.95. The zero-order valence-electron chi connectivity index (χ0n) is 11.8. The van der Waals surface area contributed by atoms with Gasteiger partial charge >= 0.3 is 6.03 Å². The van der Waals surface area contributed by atoms with Gasteiger partial charge in [-0.15, -0.1) is 11.8 Å². The van der Waals surface area contributed by atoms with Gasteiger partial charge in [0.05, 0.1) is 12.6 Å². The summed E-state index contributed by atoms with van der Waals surface area (Å²) in [6.45, 7) is 3.54. The number of benzene rings is 1. The Morgan fingerprint density at radius 1 is 1.50 bits per heavy atom. The number of nitrogens with zero attached hydrogens (tertiary/aromatic N) is 1. The Balaban J connectivity index is 1.75. The van der Waals surface area contributed by atoms with Crippen LogP contribution in [0.5, 0.6) is 0 Å². The van der Waals surface area contributed by atoms with Gasteiger partial charge in [0.2, 0.25) is 0 Å². The minimum absolute atomic E-state index is 0.00733. The minimum Gasteiger partial charge on any atom is -0.394 e. The summed E-state index contributed by atoms with van der Waals surface area (Å²) in [5.74, 6) is 0. The number of carbonyl (C=O) groups is 1. The fraction of sp³-hybridized carbons (Fsp3) is 0.533. The van der Waals surface area contributed by atoms with E-state index in [0.717, 1.165) is 19.4 Å². The summed E-state index contributed by atoms with van der Waals surface area (Å²) in [5, 5.41) is 12.5. The van der Waals surface area contributed by atoms with E-state index in [4.69, 9.17) is 0 Å². The number of amides is 2. The predicted octanol–water partition coefficient (Wildman–Crippen LogP) is 2.33. The van der Waals surface area contributed by atoms with Crippen LogP contribution in [0, 0.1) is 0 Å². The van der Waals surface area contributed by atoms with E-state index >= 15 is 0 Å². The largest absolute Gasteiger partial charge is 0.394 e. The standard InChI is InChI=1S/C15H22N2O2S/c1-12(20-14-7-3-2-4-8-14)10-16-15(19)17-9-5-6-13(17)11-18/h2-4,7-8,12-13,18H,5-6,9-11H2,1H3,(H,16,19)/t12?,13-/m0/s1. The molecule has 0 radical (unpaired) electrons. The summed E-state index contributed by atoms with van der Waals surface area (Å²) in [6, 6.07) is 10.1. The van der Waals surface area contributed by atoms with Gasteiger partial charge in [0, 0.05) is 23.2 Å². The molecule has 2 N–H and O–H groups in total. The molecule has 1 aromatic rings. The third-order valence-corrected chi connectivity index (χ3v) is 4.58. The van der Waals surface area contributed by atoms with Gasteiger partial charge in [-0.25, -0.2) is 4.79 Å². The first kappa shape index (κ1) is 15.2. The van der Waals surface area contributed by atoms with Gasteiger partial charge in [-0.2, -0.15) is 0 Å². The van der Waals surface area contributed by atoms with E-state index in [2.05, 4.69) is 24.4 Å². The Kier molecular flexibility index (Phi) is 5.73. The molecule has 0 aliphatic carbocycles. The number of hydrogen-bond acceptors (Lipinski definition) is 3. The number of nitrogens with one attached hydrogen (secondary N) is 1. The lowest BCUT2D eigenvalue weighted by Crippen LogP contribution is -2.45. The highest BCUT2D eigenvalue weighted by Crippen LogP contribution is 2.22. The van der Waals surface area contributed by atoms with Gasteiger partial charge in [-0.3, -0.25) is 0 Å². The highest BCUT2D eigenvalue weighted by molar-refractivity contribution is 8.00. The predicted molar refractivity (Wildman–Crippen MR) is 82.0 cm³/mol. The van der Waals surface area contributed by atoms with Crippen LogP contribution in [0.3, 0.4) is 0 Å². The Morgan fingerprint density at radius 2 is 2.25 bits per heavy atom. The molecule has 0 saturated carbocycles. The lowest BCUT2D eigenvalue weighted by atomic mass is 10.2. The van der Waals surface area contributed by atoms with Crippen LogP contribution in [0.15, 0.2) is 35.2 Å². The minimum atomic E-state index is -0.0536. The smallest absolute Gasteiger partial charge is 0.317 e. The van der Waals surface area contributed by atoms with Crippen molar-refractivity contribution in [1.82, 2.24) is 10.2 Å². The van der Waals surface area contributed by atoms with Crippen LogP contribution in [-0.4, -0.2) is 47.0 Å². The second-order valence-electron chi connectivity index (χ2n) is 5.10. The normalized spacial score (nSPS) is 19.9. The molecule has 1 aliphatic rings. The average molecular weight is 294 g/mol. The number of aliphatic hydroxyl groups excluding tert-OH is 1. The summed E-state index contributed by atoms with van der Waals surface area (Å²) in [4.78, 5) is 15.0. The van der Waals surface area contributed by atoms with Crippen molar-refractivity contribution in [2.24, 2.45) is 0 Å². The van der Waals surface area contributed by atoms with Gasteiger partial charge in [-0.1, -0.05) is 25.1 Å². The summed E-state index contributed by atoms with van der Waals surface area (Å²) >= 11 is 1.75. The molecule has 1 saturated heterocycles. The molecule has 0 spiro atoms.